The summed E-state index contributed by atoms with van der Waals surface area (Å²) in [6.07, 6.45) is 5.55. The summed E-state index contributed by atoms with van der Waals surface area (Å²) in [7, 11) is 0. The second-order valence-electron chi connectivity index (χ2n) is 5.74. The van der Waals surface area contributed by atoms with Crippen molar-refractivity contribution in [2.45, 2.75) is 24.9 Å². The van der Waals surface area contributed by atoms with Gasteiger partial charge in [-0.3, -0.25) is 4.98 Å². The number of pyridine rings is 1. The highest BCUT2D eigenvalue weighted by Gasteiger charge is 2.56. The van der Waals surface area contributed by atoms with Crippen molar-refractivity contribution in [3.8, 4) is 0 Å². The summed E-state index contributed by atoms with van der Waals surface area (Å²) in [5, 5.41) is 10.6. The van der Waals surface area contributed by atoms with Crippen LogP contribution in [0.5, 0.6) is 0 Å². The van der Waals surface area contributed by atoms with Crippen molar-refractivity contribution in [1.29, 1.82) is 0 Å². The van der Waals surface area contributed by atoms with E-state index in [2.05, 4.69) is 29.2 Å². The molecular formula is C17H17NO. The van der Waals surface area contributed by atoms with Gasteiger partial charge in [-0.15, -0.1) is 0 Å². The molecule has 4 unspecified atom stereocenters. The van der Waals surface area contributed by atoms with E-state index < -0.39 is 0 Å². The Kier molecular flexibility index (Phi) is 2.46. The number of rotatable bonds is 2. The van der Waals surface area contributed by atoms with Crippen LogP contribution in [-0.2, 0) is 6.42 Å². The summed E-state index contributed by atoms with van der Waals surface area (Å²) in [6, 6.07) is 12.6. The normalized spacial score (nSPS) is 29.2. The predicted molar refractivity (Wildman–Crippen MR) is 73.7 cm³/mol. The van der Waals surface area contributed by atoms with Crippen LogP contribution in [0.3, 0.4) is 0 Å². The van der Waals surface area contributed by atoms with Gasteiger partial charge >= 0.3 is 0 Å². The van der Waals surface area contributed by atoms with Gasteiger partial charge in [0.05, 0.1) is 6.10 Å². The Bertz CT molecular complexity index is 595. The van der Waals surface area contributed by atoms with Crippen LogP contribution in [0.25, 0.3) is 0 Å². The Balaban J connectivity index is 1.64. The van der Waals surface area contributed by atoms with Gasteiger partial charge in [-0.2, -0.15) is 0 Å². The Morgan fingerprint density at radius 3 is 2.89 bits per heavy atom. The topological polar surface area (TPSA) is 33.1 Å². The minimum Gasteiger partial charge on any atom is -0.388 e. The number of aryl methyl sites for hydroxylation is 1. The monoisotopic (exact) mass is 251 g/mol. The molecule has 0 bridgehead atoms. The number of hydrogen-bond donors (Lipinski definition) is 1. The average Bonchev–Trinajstić information content (AvgIpc) is 3.22. The first-order valence-electron chi connectivity index (χ1n) is 7.02. The molecule has 0 saturated heterocycles. The third kappa shape index (κ3) is 1.71. The van der Waals surface area contributed by atoms with Crippen LogP contribution in [0.15, 0.2) is 48.8 Å². The van der Waals surface area contributed by atoms with E-state index in [0.717, 1.165) is 12.0 Å². The van der Waals surface area contributed by atoms with E-state index in [9.17, 15) is 5.11 Å². The summed E-state index contributed by atoms with van der Waals surface area (Å²) in [5.74, 6) is 1.60. The molecule has 0 aliphatic heterocycles. The van der Waals surface area contributed by atoms with Crippen LogP contribution in [0.1, 0.15) is 35.1 Å². The minimum absolute atomic E-state index is 0.366. The second kappa shape index (κ2) is 4.17. The first-order valence-corrected chi connectivity index (χ1v) is 7.02. The molecule has 96 valence electrons. The fraction of sp³-hybridized carbons (Fsp3) is 0.353. The maximum absolute atomic E-state index is 10.6. The molecule has 2 nitrogen and oxygen atoms in total. The van der Waals surface area contributed by atoms with Crippen LogP contribution >= 0.6 is 0 Å². The Labute approximate surface area is 113 Å². The molecular weight excluding hydrogens is 234 g/mol. The molecule has 0 radical (unpaired) electrons. The highest BCUT2D eigenvalue weighted by molar-refractivity contribution is 5.40. The predicted octanol–water partition coefficient (Wildman–Crippen LogP) is 3.09. The fourth-order valence-electron chi connectivity index (χ4n) is 3.82. The maximum Gasteiger partial charge on any atom is 0.0841 e. The third-order valence-corrected chi connectivity index (χ3v) is 4.78. The Morgan fingerprint density at radius 2 is 2.05 bits per heavy atom. The van der Waals surface area contributed by atoms with E-state index in [1.165, 1.54) is 17.5 Å². The number of aliphatic hydroxyl groups is 1. The maximum atomic E-state index is 10.6. The molecule has 2 aromatic rings. The minimum atomic E-state index is -0.366. The van der Waals surface area contributed by atoms with Gasteiger partial charge in [0.2, 0.25) is 0 Å². The lowest BCUT2D eigenvalue weighted by molar-refractivity contribution is 0.144. The number of aliphatic hydroxyl groups excluding tert-OH is 1. The van der Waals surface area contributed by atoms with Crippen LogP contribution in [0.2, 0.25) is 0 Å². The van der Waals surface area contributed by atoms with Crippen molar-refractivity contribution in [3.63, 3.8) is 0 Å². The van der Waals surface area contributed by atoms with Crippen molar-refractivity contribution >= 4 is 0 Å². The lowest BCUT2D eigenvalue weighted by Gasteiger charge is -2.13. The highest BCUT2D eigenvalue weighted by atomic mass is 16.3. The van der Waals surface area contributed by atoms with Crippen LogP contribution in [0, 0.1) is 11.8 Å². The molecule has 1 fully saturated rings. The second-order valence-corrected chi connectivity index (χ2v) is 5.74. The number of hydrogen-bond acceptors (Lipinski definition) is 2. The highest BCUT2D eigenvalue weighted by Crippen LogP contribution is 2.64. The number of nitrogens with zero attached hydrogens (tertiary/aromatic N) is 1. The molecule has 0 spiro atoms. The van der Waals surface area contributed by atoms with E-state index in [0.29, 0.717) is 17.8 Å². The SMILES string of the molecule is OC(c1cccnc1)C1C2CCc3ccccc3C21. The molecule has 4 rings (SSSR count). The summed E-state index contributed by atoms with van der Waals surface area (Å²) >= 11 is 0. The van der Waals surface area contributed by atoms with Gasteiger partial charge < -0.3 is 5.11 Å². The fourth-order valence-corrected chi connectivity index (χ4v) is 3.82. The zero-order valence-electron chi connectivity index (χ0n) is 10.7. The first-order chi connectivity index (χ1) is 9.36. The van der Waals surface area contributed by atoms with Crippen molar-refractivity contribution in [2.24, 2.45) is 11.8 Å². The van der Waals surface area contributed by atoms with Gasteiger partial charge in [0.1, 0.15) is 0 Å². The molecule has 1 saturated carbocycles. The molecule has 0 amide bonds. The molecule has 2 aliphatic carbocycles. The molecule has 4 atom stereocenters. The lowest BCUT2D eigenvalue weighted by atomic mass is 9.92. The number of fused-ring (bicyclic) bond motifs is 3. The zero-order chi connectivity index (χ0) is 12.8. The number of aromatic nitrogens is 1. The van der Waals surface area contributed by atoms with Gasteiger partial charge in [0.25, 0.3) is 0 Å². The lowest BCUT2D eigenvalue weighted by Crippen LogP contribution is -2.02. The first kappa shape index (κ1) is 11.2. The molecule has 19 heavy (non-hydrogen) atoms. The quantitative estimate of drug-likeness (QED) is 0.889. The third-order valence-electron chi connectivity index (χ3n) is 4.78. The molecule has 2 heteroatoms. The van der Waals surface area contributed by atoms with E-state index >= 15 is 0 Å². The van der Waals surface area contributed by atoms with Gasteiger partial charge in [0.15, 0.2) is 0 Å². The van der Waals surface area contributed by atoms with Crippen molar-refractivity contribution < 1.29 is 5.11 Å². The molecule has 1 heterocycles. The standard InChI is InChI=1S/C17H17NO/c19-17(12-5-3-9-18-10-12)16-14-8-7-11-4-1-2-6-13(11)15(14)16/h1-6,9-10,14-17,19H,7-8H2. The average molecular weight is 251 g/mol. The Hall–Kier alpha value is -1.67. The van der Waals surface area contributed by atoms with Gasteiger partial charge in [0, 0.05) is 12.4 Å². The van der Waals surface area contributed by atoms with Crippen LogP contribution < -0.4 is 0 Å². The molecule has 1 N–H and O–H groups in total. The molecule has 1 aromatic heterocycles. The largest absolute Gasteiger partial charge is 0.388 e. The van der Waals surface area contributed by atoms with Crippen LogP contribution in [-0.4, -0.2) is 10.1 Å². The summed E-state index contributed by atoms with van der Waals surface area (Å²) in [4.78, 5) is 4.12. The Morgan fingerprint density at radius 1 is 1.16 bits per heavy atom. The molecule has 1 aromatic carbocycles. The van der Waals surface area contributed by atoms with Gasteiger partial charge in [-0.05, 0) is 53.4 Å². The summed E-state index contributed by atoms with van der Waals surface area (Å²) in [5.41, 5.74) is 3.90. The van der Waals surface area contributed by atoms with E-state index in [1.807, 2.05) is 12.1 Å². The van der Waals surface area contributed by atoms with E-state index in [-0.39, 0.29) is 6.10 Å². The van der Waals surface area contributed by atoms with Crippen LogP contribution in [0.4, 0.5) is 0 Å². The number of benzene rings is 1. The van der Waals surface area contributed by atoms with Crippen molar-refractivity contribution in [2.75, 3.05) is 0 Å². The van der Waals surface area contributed by atoms with Crippen molar-refractivity contribution in [1.82, 2.24) is 4.98 Å². The zero-order valence-corrected chi connectivity index (χ0v) is 10.7. The molecule has 2 aliphatic rings. The smallest absolute Gasteiger partial charge is 0.0841 e. The van der Waals surface area contributed by atoms with Crippen molar-refractivity contribution in [3.05, 3.63) is 65.5 Å². The summed E-state index contributed by atoms with van der Waals surface area (Å²) in [6.45, 7) is 0. The van der Waals surface area contributed by atoms with E-state index in [1.54, 1.807) is 12.4 Å². The summed E-state index contributed by atoms with van der Waals surface area (Å²) < 4.78 is 0. The van der Waals surface area contributed by atoms with E-state index in [4.69, 9.17) is 0 Å². The van der Waals surface area contributed by atoms with Gasteiger partial charge in [-0.1, -0.05) is 30.3 Å². The van der Waals surface area contributed by atoms with Gasteiger partial charge in [-0.25, -0.2) is 0 Å².